The molecule has 12 atom stereocenters. The van der Waals surface area contributed by atoms with Crippen molar-refractivity contribution < 1.29 is 2.85 Å². The number of hydrogen-bond donors (Lipinski definition) is 8. The lowest BCUT2D eigenvalue weighted by atomic mass is 9.62. The summed E-state index contributed by atoms with van der Waals surface area (Å²) in [6, 6.07) is 1.58. The van der Waals surface area contributed by atoms with Crippen LogP contribution in [0.3, 0.4) is 0 Å². The summed E-state index contributed by atoms with van der Waals surface area (Å²) in [6.07, 6.45) is 23.5. The molecule has 8 nitrogen and oxygen atoms in total. The third-order valence-corrected chi connectivity index (χ3v) is 14.8. The lowest BCUT2D eigenvalue weighted by molar-refractivity contribution is 0.0746. The topological polar surface area (TPSA) is 96.2 Å². The van der Waals surface area contributed by atoms with Crippen LogP contribution >= 0.6 is 0 Å². The summed E-state index contributed by atoms with van der Waals surface area (Å²) in [5, 5.41) is 25.8. The minimum Gasteiger partial charge on any atom is -0.323 e. The van der Waals surface area contributed by atoms with Crippen LogP contribution in [0.5, 0.6) is 0 Å². The van der Waals surface area contributed by atoms with Crippen LogP contribution in [0.15, 0.2) is 0 Å². The van der Waals surface area contributed by atoms with Gasteiger partial charge in [0, 0.05) is 21.5 Å². The largest absolute Gasteiger partial charge is 0.323 e. The lowest BCUT2D eigenvalue weighted by Gasteiger charge is -2.46. The van der Waals surface area contributed by atoms with Gasteiger partial charge in [-0.25, -0.2) is 0 Å². The number of rotatable bonds is 11. The Balaban J connectivity index is 0.000000689. The Kier molecular flexibility index (Phi) is 25.4. The second-order valence-electron chi connectivity index (χ2n) is 20.3. The van der Waals surface area contributed by atoms with Crippen molar-refractivity contribution in [3.8, 4) is 0 Å². The molecule has 0 saturated heterocycles. The van der Waals surface area contributed by atoms with Crippen LogP contribution in [0.2, 0.25) is 0 Å². The summed E-state index contributed by atoms with van der Waals surface area (Å²) >= 11 is 0. The highest BCUT2D eigenvalue weighted by atomic mass is 14.9. The van der Waals surface area contributed by atoms with Crippen molar-refractivity contribution in [3.63, 3.8) is 0 Å². The second-order valence-corrected chi connectivity index (χ2v) is 20.3. The quantitative estimate of drug-likeness (QED) is 0.110. The first-order valence-electron chi connectivity index (χ1n) is 23.6. The molecule has 0 amide bonds. The molecule has 0 heterocycles. The zero-order valence-electron chi connectivity index (χ0n) is 39.2. The monoisotopic (exact) mass is 781 g/mol. The maximum Gasteiger partial charge on any atom is 0.00979 e. The van der Waals surface area contributed by atoms with Gasteiger partial charge in [-0.05, 0) is 237 Å². The molecule has 0 aromatic carbocycles. The normalized spacial score (nSPS) is 37.4. The van der Waals surface area contributed by atoms with Gasteiger partial charge in [0.1, 0.15) is 0 Å². The van der Waals surface area contributed by atoms with Gasteiger partial charge in [0.25, 0.3) is 0 Å². The Bertz CT molecular complexity index is 940. The van der Waals surface area contributed by atoms with Gasteiger partial charge in [-0.1, -0.05) is 47.0 Å². The summed E-state index contributed by atoms with van der Waals surface area (Å²) in [4.78, 5) is 0. The molecule has 8 N–H and O–H groups in total. The van der Waals surface area contributed by atoms with Crippen LogP contribution in [0, 0.1) is 64.1 Å². The zero-order chi connectivity index (χ0) is 40.9. The molecule has 7 saturated carbocycles. The van der Waals surface area contributed by atoms with Crippen molar-refractivity contribution in [2.75, 3.05) is 96.2 Å². The molecule has 7 fully saturated rings. The molecular formula is C47H104N8. The standard InChI is InChI=1S/C12H26N2.C11H19N.C10H22N2.C9H17N.C3H9N.C2H7N.2H2/c1-11(2)6-10(14-5)7-12(3,8-11)9-13-4;1-12-11-6-7-5-10(11)9-4-2-3-8(7)9;1-11-7-9-4-3-5-10(6-9)8-12-2;1-10-6-9-5-7-2-3-8(9)4-7;1-3-4-2;1-3-2;;/h10,13-14H,6-9H2,1-5H3;7-12H,2-6H2,1H3;9-12H,3-8H2,1-2H3;7-10H,2-6H2,1H3;4H,3H2,1-2H3;3H,1-2H3;2*1H. The Hall–Kier alpha value is -0.320. The fraction of sp³-hybridized carbons (Fsp3) is 1.00. The second kappa shape index (κ2) is 27.4. The zero-order valence-corrected chi connectivity index (χ0v) is 39.2. The molecule has 7 aliphatic carbocycles. The van der Waals surface area contributed by atoms with Crippen molar-refractivity contribution in [1.82, 2.24) is 42.5 Å². The maximum absolute atomic E-state index is 3.51. The molecule has 0 spiro atoms. The van der Waals surface area contributed by atoms with E-state index in [-0.39, 0.29) is 2.85 Å². The molecule has 0 aromatic rings. The average Bonchev–Trinajstić information content (AvgIpc) is 4.00. The molecular weight excluding hydrogens is 677 g/mol. The van der Waals surface area contributed by atoms with E-state index in [9.17, 15) is 0 Å². The molecule has 8 heteroatoms. The van der Waals surface area contributed by atoms with Crippen molar-refractivity contribution >= 4 is 0 Å². The predicted octanol–water partition coefficient (Wildman–Crippen LogP) is 7.47. The molecule has 0 radical (unpaired) electrons. The first-order chi connectivity index (χ1) is 26.4. The summed E-state index contributed by atoms with van der Waals surface area (Å²) in [5.41, 5.74) is 0.946. The smallest absolute Gasteiger partial charge is 0.00979 e. The van der Waals surface area contributed by atoms with Crippen molar-refractivity contribution in [2.45, 2.75) is 143 Å². The van der Waals surface area contributed by atoms with E-state index < -0.39 is 0 Å². The number of hydrogen-bond acceptors (Lipinski definition) is 8. The fourth-order valence-corrected chi connectivity index (χ4v) is 13.0. The van der Waals surface area contributed by atoms with Crippen molar-refractivity contribution in [3.05, 3.63) is 0 Å². The van der Waals surface area contributed by atoms with Gasteiger partial charge in [-0.2, -0.15) is 0 Å². The van der Waals surface area contributed by atoms with E-state index in [0.717, 1.165) is 72.4 Å². The Morgan fingerprint density at radius 3 is 1.64 bits per heavy atom. The highest BCUT2D eigenvalue weighted by molar-refractivity contribution is 5.05. The van der Waals surface area contributed by atoms with Gasteiger partial charge in [0.05, 0.1) is 0 Å². The van der Waals surface area contributed by atoms with Crippen molar-refractivity contribution in [1.29, 1.82) is 0 Å². The summed E-state index contributed by atoms with van der Waals surface area (Å²) in [6.45, 7) is 15.2. The number of fused-ring (bicyclic) bond motifs is 7. The SMILES string of the molecule is CCNC.CNC.CNC1CC2CC1C1CCCC21.CNCC1(C)CC(NC)CC(C)(C)C1.CNCC1CC2CCC1C2.CNCC1CCCC(CNC)C1.[HH].[HH]. The van der Waals surface area contributed by atoms with Crippen LogP contribution in [0.4, 0.5) is 0 Å². The summed E-state index contributed by atoms with van der Waals surface area (Å²) < 4.78 is 0. The summed E-state index contributed by atoms with van der Waals surface area (Å²) in [5.74, 6) is 9.56. The van der Waals surface area contributed by atoms with E-state index in [2.05, 4.69) is 113 Å². The molecule has 0 aliphatic heterocycles. The van der Waals surface area contributed by atoms with E-state index in [0.29, 0.717) is 16.9 Å². The minimum absolute atomic E-state index is 0. The Morgan fingerprint density at radius 1 is 0.545 bits per heavy atom. The van der Waals surface area contributed by atoms with E-state index in [1.807, 2.05) is 21.1 Å². The average molecular weight is 781 g/mol. The highest BCUT2D eigenvalue weighted by Crippen LogP contribution is 2.58. The molecule has 0 aromatic heterocycles. The third-order valence-electron chi connectivity index (χ3n) is 14.8. The van der Waals surface area contributed by atoms with Crippen LogP contribution in [-0.4, -0.2) is 108 Å². The maximum atomic E-state index is 3.51. The minimum atomic E-state index is 0. The highest BCUT2D eigenvalue weighted by Gasteiger charge is 2.53. The van der Waals surface area contributed by atoms with E-state index in [1.54, 1.807) is 25.7 Å². The van der Waals surface area contributed by atoms with Gasteiger partial charge in [0.15, 0.2) is 0 Å². The van der Waals surface area contributed by atoms with Gasteiger partial charge in [-0.15, -0.1) is 0 Å². The molecule has 7 rings (SSSR count). The first kappa shape index (κ1) is 50.8. The fourth-order valence-electron chi connectivity index (χ4n) is 13.0. The molecule has 55 heavy (non-hydrogen) atoms. The van der Waals surface area contributed by atoms with Crippen LogP contribution in [-0.2, 0) is 0 Å². The Morgan fingerprint density at radius 2 is 1.15 bits per heavy atom. The summed E-state index contributed by atoms with van der Waals surface area (Å²) in [7, 11) is 18.2. The van der Waals surface area contributed by atoms with E-state index in [1.165, 1.54) is 96.7 Å². The predicted molar refractivity (Wildman–Crippen MR) is 247 cm³/mol. The molecule has 12 unspecified atom stereocenters. The van der Waals surface area contributed by atoms with Crippen LogP contribution < -0.4 is 42.5 Å². The lowest BCUT2D eigenvalue weighted by Crippen LogP contribution is -2.47. The van der Waals surface area contributed by atoms with Crippen LogP contribution in [0.1, 0.15) is 133 Å². The Labute approximate surface area is 347 Å². The molecule has 4 bridgehead atoms. The first-order valence-corrected chi connectivity index (χ1v) is 23.6. The van der Waals surface area contributed by atoms with Gasteiger partial charge >= 0.3 is 0 Å². The van der Waals surface area contributed by atoms with Gasteiger partial charge < -0.3 is 42.5 Å². The number of nitrogens with one attached hydrogen (secondary N) is 8. The molecule has 7 aliphatic rings. The van der Waals surface area contributed by atoms with Crippen molar-refractivity contribution in [2.24, 2.45) is 64.1 Å². The van der Waals surface area contributed by atoms with Crippen LogP contribution in [0.25, 0.3) is 0 Å². The van der Waals surface area contributed by atoms with Gasteiger partial charge in [-0.3, -0.25) is 0 Å². The van der Waals surface area contributed by atoms with Gasteiger partial charge in [0.2, 0.25) is 0 Å². The molecule has 332 valence electrons. The third kappa shape index (κ3) is 17.4. The van der Waals surface area contributed by atoms with E-state index in [4.69, 9.17) is 0 Å². The van der Waals surface area contributed by atoms with E-state index >= 15 is 0 Å².